The van der Waals surface area contributed by atoms with Crippen LogP contribution in [0.15, 0.2) is 41.7 Å². The van der Waals surface area contributed by atoms with Gasteiger partial charge in [0, 0.05) is 30.0 Å². The van der Waals surface area contributed by atoms with E-state index in [-0.39, 0.29) is 17.0 Å². The number of nitrogens with zero attached hydrogens (tertiary/aromatic N) is 3. The van der Waals surface area contributed by atoms with Gasteiger partial charge in [-0.05, 0) is 50.3 Å². The number of nitrogens with one attached hydrogen (secondary N) is 1. The number of aryl methyl sites for hydroxylation is 1. The van der Waals surface area contributed by atoms with E-state index in [0.717, 1.165) is 42.5 Å². The van der Waals surface area contributed by atoms with E-state index >= 15 is 0 Å². The summed E-state index contributed by atoms with van der Waals surface area (Å²) in [6.07, 6.45) is 8.24. The van der Waals surface area contributed by atoms with Gasteiger partial charge in [-0.1, -0.05) is 6.07 Å². The summed E-state index contributed by atoms with van der Waals surface area (Å²) >= 11 is 0. The molecule has 5 N–H and O–H groups in total. The average Bonchev–Trinajstić information content (AvgIpc) is 3.09. The second kappa shape index (κ2) is 7.16. The molecule has 0 unspecified atom stereocenters. The van der Waals surface area contributed by atoms with Crippen LogP contribution in [-0.2, 0) is 10.0 Å². The molecule has 2 aromatic heterocycles. The number of rotatable bonds is 4. The van der Waals surface area contributed by atoms with Gasteiger partial charge in [-0.2, -0.15) is 0 Å². The molecule has 0 spiro atoms. The molecular weight excluding hydrogens is 376 g/mol. The largest absolute Gasteiger partial charge is 0.381 e. The molecule has 0 radical (unpaired) electrons. The first-order valence-electron chi connectivity index (χ1n) is 9.31. The standard InChI is InChI=1S/C19H24N6O2S/c1-12-2-7-15(28(26,27)24-14-5-3-13(20)4-6-14)10-16(12)17-11-23-19-18(21)22-8-9-25(17)19/h2,7-11,13-14,24H,3-6,20H2,1H3,(H2,21,22)/t13-,14-. The number of anilines is 1. The van der Waals surface area contributed by atoms with Gasteiger partial charge in [0.1, 0.15) is 0 Å². The first kappa shape index (κ1) is 18.9. The van der Waals surface area contributed by atoms with Crippen molar-refractivity contribution in [3.05, 3.63) is 42.4 Å². The van der Waals surface area contributed by atoms with E-state index in [0.29, 0.717) is 11.5 Å². The summed E-state index contributed by atoms with van der Waals surface area (Å²) in [6, 6.07) is 5.23. The van der Waals surface area contributed by atoms with Gasteiger partial charge in [-0.15, -0.1) is 0 Å². The Bertz CT molecular complexity index is 1120. The molecular formula is C19H24N6O2S. The molecule has 0 bridgehead atoms. The monoisotopic (exact) mass is 400 g/mol. The third-order valence-electron chi connectivity index (χ3n) is 5.34. The van der Waals surface area contributed by atoms with E-state index in [1.807, 2.05) is 17.4 Å². The van der Waals surface area contributed by atoms with E-state index in [4.69, 9.17) is 11.5 Å². The van der Waals surface area contributed by atoms with Gasteiger partial charge in [-0.3, -0.25) is 4.40 Å². The molecule has 0 aliphatic heterocycles. The van der Waals surface area contributed by atoms with Crippen LogP contribution >= 0.6 is 0 Å². The number of nitrogens with two attached hydrogens (primary N) is 2. The lowest BCUT2D eigenvalue weighted by Gasteiger charge is -2.26. The van der Waals surface area contributed by atoms with Crippen LogP contribution < -0.4 is 16.2 Å². The molecule has 28 heavy (non-hydrogen) atoms. The zero-order chi connectivity index (χ0) is 19.9. The van der Waals surface area contributed by atoms with Crippen molar-refractivity contribution in [1.82, 2.24) is 19.1 Å². The lowest BCUT2D eigenvalue weighted by Crippen LogP contribution is -2.40. The predicted molar refractivity (Wildman–Crippen MR) is 108 cm³/mol. The molecule has 2 heterocycles. The number of aromatic nitrogens is 3. The second-order valence-corrected chi connectivity index (χ2v) is 9.07. The zero-order valence-corrected chi connectivity index (χ0v) is 16.5. The number of nitrogen functional groups attached to an aromatic ring is 1. The molecule has 148 valence electrons. The van der Waals surface area contributed by atoms with E-state index < -0.39 is 10.0 Å². The summed E-state index contributed by atoms with van der Waals surface area (Å²) in [6.45, 7) is 1.94. The quantitative estimate of drug-likeness (QED) is 0.613. The van der Waals surface area contributed by atoms with Crippen molar-refractivity contribution in [3.8, 4) is 11.3 Å². The van der Waals surface area contributed by atoms with Gasteiger partial charge in [-0.25, -0.2) is 23.1 Å². The summed E-state index contributed by atoms with van der Waals surface area (Å²) in [7, 11) is -3.63. The van der Waals surface area contributed by atoms with Crippen molar-refractivity contribution < 1.29 is 8.42 Å². The van der Waals surface area contributed by atoms with Crippen LogP contribution in [0.3, 0.4) is 0 Å². The molecule has 0 saturated heterocycles. The Morgan fingerprint density at radius 2 is 1.93 bits per heavy atom. The fourth-order valence-electron chi connectivity index (χ4n) is 3.71. The van der Waals surface area contributed by atoms with Gasteiger partial charge < -0.3 is 11.5 Å². The summed E-state index contributed by atoms with van der Waals surface area (Å²) in [4.78, 5) is 8.61. The lowest BCUT2D eigenvalue weighted by molar-refractivity contribution is 0.373. The molecule has 3 aromatic rings. The summed E-state index contributed by atoms with van der Waals surface area (Å²) < 4.78 is 30.5. The number of imidazole rings is 1. The van der Waals surface area contributed by atoms with Crippen LogP contribution in [0.1, 0.15) is 31.2 Å². The van der Waals surface area contributed by atoms with E-state index in [1.165, 1.54) is 0 Å². The maximum absolute atomic E-state index is 12.9. The van der Waals surface area contributed by atoms with Crippen LogP contribution in [0.5, 0.6) is 0 Å². The first-order valence-corrected chi connectivity index (χ1v) is 10.8. The molecule has 1 saturated carbocycles. The van der Waals surface area contributed by atoms with Crippen molar-refractivity contribution in [2.24, 2.45) is 5.73 Å². The van der Waals surface area contributed by atoms with Crippen LogP contribution in [0, 0.1) is 6.92 Å². The fourth-order valence-corrected chi connectivity index (χ4v) is 5.04. The SMILES string of the molecule is Cc1ccc(S(=O)(=O)N[C@H]2CC[C@H](N)CC2)cc1-c1cnc2c(N)nccn12. The highest BCUT2D eigenvalue weighted by Crippen LogP contribution is 2.28. The van der Waals surface area contributed by atoms with Gasteiger partial charge in [0.15, 0.2) is 11.5 Å². The van der Waals surface area contributed by atoms with Gasteiger partial charge in [0.05, 0.1) is 16.8 Å². The molecule has 1 aromatic carbocycles. The smallest absolute Gasteiger partial charge is 0.240 e. The number of benzene rings is 1. The molecule has 9 heteroatoms. The minimum atomic E-state index is -3.63. The molecule has 0 amide bonds. The van der Waals surface area contributed by atoms with Crippen LogP contribution in [0.2, 0.25) is 0 Å². The van der Waals surface area contributed by atoms with Crippen molar-refractivity contribution in [2.75, 3.05) is 5.73 Å². The Hall–Kier alpha value is -2.49. The highest BCUT2D eigenvalue weighted by molar-refractivity contribution is 7.89. The summed E-state index contributed by atoms with van der Waals surface area (Å²) in [5.41, 5.74) is 14.8. The number of hydrogen-bond donors (Lipinski definition) is 3. The fraction of sp³-hybridized carbons (Fsp3) is 0.368. The highest BCUT2D eigenvalue weighted by atomic mass is 32.2. The Kier molecular flexibility index (Phi) is 4.82. The minimum Gasteiger partial charge on any atom is -0.381 e. The normalized spacial score (nSPS) is 20.5. The molecule has 1 fully saturated rings. The van der Waals surface area contributed by atoms with E-state index in [9.17, 15) is 8.42 Å². The van der Waals surface area contributed by atoms with Gasteiger partial charge in [0.25, 0.3) is 0 Å². The molecule has 0 atom stereocenters. The van der Waals surface area contributed by atoms with Crippen LogP contribution in [-0.4, -0.2) is 34.9 Å². The topological polar surface area (TPSA) is 128 Å². The third-order valence-corrected chi connectivity index (χ3v) is 6.86. The Labute approximate surface area is 164 Å². The molecule has 1 aliphatic carbocycles. The molecule has 8 nitrogen and oxygen atoms in total. The van der Waals surface area contributed by atoms with Gasteiger partial charge >= 0.3 is 0 Å². The van der Waals surface area contributed by atoms with Crippen molar-refractivity contribution in [3.63, 3.8) is 0 Å². The maximum Gasteiger partial charge on any atom is 0.240 e. The lowest BCUT2D eigenvalue weighted by atomic mass is 9.93. The van der Waals surface area contributed by atoms with Crippen LogP contribution in [0.25, 0.3) is 16.9 Å². The average molecular weight is 401 g/mol. The molecule has 4 rings (SSSR count). The summed E-state index contributed by atoms with van der Waals surface area (Å²) in [5.74, 6) is 0.326. The molecule has 1 aliphatic rings. The Morgan fingerprint density at radius 1 is 1.18 bits per heavy atom. The third kappa shape index (κ3) is 3.48. The number of sulfonamides is 1. The predicted octanol–water partition coefficient (Wildman–Crippen LogP) is 1.84. The van der Waals surface area contributed by atoms with Crippen LogP contribution in [0.4, 0.5) is 5.82 Å². The summed E-state index contributed by atoms with van der Waals surface area (Å²) in [5, 5.41) is 0. The number of hydrogen-bond acceptors (Lipinski definition) is 6. The Morgan fingerprint density at radius 3 is 2.68 bits per heavy atom. The zero-order valence-electron chi connectivity index (χ0n) is 15.7. The van der Waals surface area contributed by atoms with Gasteiger partial charge in [0.2, 0.25) is 10.0 Å². The van der Waals surface area contributed by atoms with Crippen molar-refractivity contribution >= 4 is 21.5 Å². The maximum atomic E-state index is 12.9. The van der Waals surface area contributed by atoms with E-state index in [1.54, 1.807) is 30.7 Å². The van der Waals surface area contributed by atoms with Crippen molar-refractivity contribution in [1.29, 1.82) is 0 Å². The number of fused-ring (bicyclic) bond motifs is 1. The van der Waals surface area contributed by atoms with Crippen molar-refractivity contribution in [2.45, 2.75) is 49.6 Å². The Balaban J connectivity index is 1.69. The minimum absolute atomic E-state index is 0.0729. The highest BCUT2D eigenvalue weighted by Gasteiger charge is 2.25. The second-order valence-electron chi connectivity index (χ2n) is 7.36. The van der Waals surface area contributed by atoms with E-state index in [2.05, 4.69) is 14.7 Å². The first-order chi connectivity index (χ1) is 13.3.